The second-order valence-electron chi connectivity index (χ2n) is 4.18. The van der Waals surface area contributed by atoms with Gasteiger partial charge in [0.25, 0.3) is 0 Å². The Kier molecular flexibility index (Phi) is 3.83. The first-order chi connectivity index (χ1) is 8.76. The summed E-state index contributed by atoms with van der Waals surface area (Å²) in [6.07, 6.45) is 1.17. The summed E-state index contributed by atoms with van der Waals surface area (Å²) in [5.41, 5.74) is 0.681. The third kappa shape index (κ3) is 2.45. The Bertz CT molecular complexity index is 490. The predicted octanol–water partition coefficient (Wildman–Crippen LogP) is 2.43. The number of nitriles is 1. The minimum atomic E-state index is -0.708. The van der Waals surface area contributed by atoms with Gasteiger partial charge in [0.2, 0.25) is 0 Å². The van der Waals surface area contributed by atoms with Crippen LogP contribution in [0.3, 0.4) is 0 Å². The van der Waals surface area contributed by atoms with E-state index in [0.717, 1.165) is 6.42 Å². The maximum Gasteiger partial charge on any atom is 0.161 e. The van der Waals surface area contributed by atoms with Crippen LogP contribution in [0.5, 0.6) is 11.5 Å². The molecule has 1 aromatic rings. The minimum Gasteiger partial charge on any atom is -0.486 e. The molecule has 1 aliphatic heterocycles. The highest BCUT2D eigenvalue weighted by Gasteiger charge is 2.21. The molecule has 2 rings (SSSR count). The molecule has 4 nitrogen and oxygen atoms in total. The normalized spacial score (nSPS) is 14.7. The van der Waals surface area contributed by atoms with Crippen LogP contribution in [0, 0.1) is 11.3 Å². The number of Topliss-reactive ketones (excluding diaryl/α,β-unsaturated/α-hetero) is 1. The molecule has 0 saturated carbocycles. The number of fused-ring (bicyclic) bond motifs is 1. The largest absolute Gasteiger partial charge is 0.486 e. The zero-order valence-corrected chi connectivity index (χ0v) is 10.3. The molecule has 4 heteroatoms. The first-order valence-corrected chi connectivity index (χ1v) is 6.08. The van der Waals surface area contributed by atoms with Crippen molar-refractivity contribution in [3.05, 3.63) is 23.8 Å². The fraction of sp³-hybridized carbons (Fsp3) is 0.429. The van der Waals surface area contributed by atoms with Crippen LogP contribution < -0.4 is 9.47 Å². The Balaban J connectivity index is 2.27. The topological polar surface area (TPSA) is 59.3 Å². The summed E-state index contributed by atoms with van der Waals surface area (Å²) >= 11 is 0. The van der Waals surface area contributed by atoms with Crippen molar-refractivity contribution in [2.24, 2.45) is 0 Å². The van der Waals surface area contributed by atoms with Crippen LogP contribution in [-0.2, 0) is 4.79 Å². The summed E-state index contributed by atoms with van der Waals surface area (Å²) in [7, 11) is 0. The molecular formula is C14H15NO3. The van der Waals surface area contributed by atoms with E-state index >= 15 is 0 Å². The second-order valence-corrected chi connectivity index (χ2v) is 4.18. The van der Waals surface area contributed by atoms with Gasteiger partial charge in [0.05, 0.1) is 6.07 Å². The van der Waals surface area contributed by atoms with Crippen LogP contribution in [0.1, 0.15) is 31.2 Å². The van der Waals surface area contributed by atoms with E-state index in [2.05, 4.69) is 6.07 Å². The van der Waals surface area contributed by atoms with Crippen molar-refractivity contribution in [2.75, 3.05) is 13.2 Å². The Hall–Kier alpha value is -2.02. The molecule has 1 atom stereocenters. The molecule has 1 unspecified atom stereocenters. The fourth-order valence-electron chi connectivity index (χ4n) is 1.96. The van der Waals surface area contributed by atoms with E-state index < -0.39 is 5.92 Å². The number of hydrogen-bond acceptors (Lipinski definition) is 4. The zero-order chi connectivity index (χ0) is 13.0. The molecule has 0 aliphatic carbocycles. The first kappa shape index (κ1) is 12.4. The highest BCUT2D eigenvalue weighted by molar-refractivity contribution is 5.88. The van der Waals surface area contributed by atoms with Crippen molar-refractivity contribution >= 4 is 5.78 Å². The van der Waals surface area contributed by atoms with E-state index in [1.807, 2.05) is 6.92 Å². The number of nitrogens with zero attached hydrogens (tertiary/aromatic N) is 1. The summed E-state index contributed by atoms with van der Waals surface area (Å²) in [6, 6.07) is 7.31. The molecule has 94 valence electrons. The van der Waals surface area contributed by atoms with Crippen molar-refractivity contribution in [2.45, 2.75) is 25.7 Å². The fourth-order valence-corrected chi connectivity index (χ4v) is 1.96. The van der Waals surface area contributed by atoms with Gasteiger partial charge in [-0.25, -0.2) is 0 Å². The van der Waals surface area contributed by atoms with Crippen LogP contribution in [0.25, 0.3) is 0 Å². The van der Waals surface area contributed by atoms with E-state index in [4.69, 9.17) is 14.7 Å². The van der Waals surface area contributed by atoms with E-state index in [1.54, 1.807) is 18.2 Å². The first-order valence-electron chi connectivity index (χ1n) is 6.08. The van der Waals surface area contributed by atoms with Crippen molar-refractivity contribution < 1.29 is 14.3 Å². The number of ketones is 1. The van der Waals surface area contributed by atoms with Crippen molar-refractivity contribution in [1.29, 1.82) is 5.26 Å². The third-order valence-electron chi connectivity index (χ3n) is 2.85. The lowest BCUT2D eigenvalue weighted by Crippen LogP contribution is -2.16. The lowest BCUT2D eigenvalue weighted by molar-refractivity contribution is -0.119. The molecule has 1 heterocycles. The van der Waals surface area contributed by atoms with Gasteiger partial charge in [-0.15, -0.1) is 0 Å². The molecule has 0 N–H and O–H groups in total. The molecule has 0 spiro atoms. The average Bonchev–Trinajstić information content (AvgIpc) is 2.40. The quantitative estimate of drug-likeness (QED) is 0.817. The summed E-state index contributed by atoms with van der Waals surface area (Å²) in [6.45, 7) is 2.95. The standard InChI is InChI=1S/C14H15NO3/c1-2-3-12(16)11(9-15)10-4-5-13-14(8-10)18-7-6-17-13/h4-5,8,11H,2-3,6-7H2,1H3. The molecule has 0 saturated heterocycles. The Labute approximate surface area is 106 Å². The van der Waals surface area contributed by atoms with Gasteiger partial charge in [-0.05, 0) is 24.1 Å². The summed E-state index contributed by atoms with van der Waals surface area (Å²) < 4.78 is 10.9. The molecule has 1 aliphatic rings. The molecule has 0 fully saturated rings. The van der Waals surface area contributed by atoms with Gasteiger partial charge < -0.3 is 9.47 Å². The maximum absolute atomic E-state index is 11.8. The molecule has 0 radical (unpaired) electrons. The van der Waals surface area contributed by atoms with Crippen LogP contribution in [0.4, 0.5) is 0 Å². The highest BCUT2D eigenvalue weighted by Crippen LogP contribution is 2.33. The predicted molar refractivity (Wildman–Crippen MR) is 65.7 cm³/mol. The van der Waals surface area contributed by atoms with Crippen LogP contribution in [0.15, 0.2) is 18.2 Å². The van der Waals surface area contributed by atoms with Gasteiger partial charge in [-0.3, -0.25) is 4.79 Å². The van der Waals surface area contributed by atoms with Crippen LogP contribution in [-0.4, -0.2) is 19.0 Å². The van der Waals surface area contributed by atoms with Gasteiger partial charge in [0, 0.05) is 6.42 Å². The third-order valence-corrected chi connectivity index (χ3v) is 2.85. The Morgan fingerprint density at radius 2 is 2.11 bits per heavy atom. The zero-order valence-electron chi connectivity index (χ0n) is 10.3. The van der Waals surface area contributed by atoms with E-state index in [9.17, 15) is 4.79 Å². The molecule has 0 amide bonds. The SMILES string of the molecule is CCCC(=O)C(C#N)c1ccc2c(c1)OCCO2. The smallest absolute Gasteiger partial charge is 0.161 e. The van der Waals surface area contributed by atoms with Gasteiger partial charge in [-0.1, -0.05) is 13.0 Å². The number of carbonyl (C=O) groups is 1. The molecular weight excluding hydrogens is 230 g/mol. The molecule has 18 heavy (non-hydrogen) atoms. The van der Waals surface area contributed by atoms with Gasteiger partial charge >= 0.3 is 0 Å². The summed E-state index contributed by atoms with van der Waals surface area (Å²) in [5, 5.41) is 9.14. The number of benzene rings is 1. The number of ether oxygens (including phenoxy) is 2. The maximum atomic E-state index is 11.8. The number of hydrogen-bond donors (Lipinski definition) is 0. The summed E-state index contributed by atoms with van der Waals surface area (Å²) in [4.78, 5) is 11.8. The number of carbonyl (C=O) groups excluding carboxylic acids is 1. The highest BCUT2D eigenvalue weighted by atomic mass is 16.6. The molecule has 0 bridgehead atoms. The Morgan fingerprint density at radius 1 is 1.39 bits per heavy atom. The Morgan fingerprint density at radius 3 is 2.78 bits per heavy atom. The van der Waals surface area contributed by atoms with E-state index in [1.165, 1.54) is 0 Å². The van der Waals surface area contributed by atoms with E-state index in [-0.39, 0.29) is 5.78 Å². The molecule has 0 aromatic heterocycles. The van der Waals surface area contributed by atoms with Crippen molar-refractivity contribution in [3.8, 4) is 17.6 Å². The van der Waals surface area contributed by atoms with Gasteiger partial charge in [-0.2, -0.15) is 5.26 Å². The number of rotatable bonds is 4. The van der Waals surface area contributed by atoms with Crippen LogP contribution >= 0.6 is 0 Å². The monoisotopic (exact) mass is 245 g/mol. The van der Waals surface area contributed by atoms with E-state index in [0.29, 0.717) is 36.7 Å². The minimum absolute atomic E-state index is 0.0447. The average molecular weight is 245 g/mol. The van der Waals surface area contributed by atoms with Crippen molar-refractivity contribution in [1.82, 2.24) is 0 Å². The van der Waals surface area contributed by atoms with Crippen molar-refractivity contribution in [3.63, 3.8) is 0 Å². The summed E-state index contributed by atoms with van der Waals surface area (Å²) in [5.74, 6) is 0.533. The lowest BCUT2D eigenvalue weighted by Gasteiger charge is -2.19. The van der Waals surface area contributed by atoms with Crippen LogP contribution in [0.2, 0.25) is 0 Å². The van der Waals surface area contributed by atoms with Gasteiger partial charge in [0.1, 0.15) is 19.1 Å². The lowest BCUT2D eigenvalue weighted by atomic mass is 9.93. The van der Waals surface area contributed by atoms with Gasteiger partial charge in [0.15, 0.2) is 17.3 Å². The molecule has 1 aromatic carbocycles. The second kappa shape index (κ2) is 5.54.